The Balaban J connectivity index is 1.68. The number of halogens is 1. The van der Waals surface area contributed by atoms with E-state index in [1.807, 2.05) is 42.5 Å². The van der Waals surface area contributed by atoms with Crippen LogP contribution in [0.4, 0.5) is 5.69 Å². The zero-order chi connectivity index (χ0) is 17.8. The van der Waals surface area contributed by atoms with Crippen molar-refractivity contribution in [1.29, 1.82) is 0 Å². The average Bonchev–Trinajstić information content (AvgIpc) is 2.65. The standard InChI is InChI=1S/C19H20ClNO3S/c1-13(24-12-14-4-3-5-16(10-14)23-2)19(22)21-8-9-25-18-7-6-15(20)11-17(18)21/h3-7,10-11,13H,8-9,12H2,1-2H3. The zero-order valence-corrected chi connectivity index (χ0v) is 15.8. The van der Waals surface area contributed by atoms with Crippen LogP contribution >= 0.6 is 23.4 Å². The smallest absolute Gasteiger partial charge is 0.255 e. The third-order valence-corrected chi connectivity index (χ3v) is 5.31. The van der Waals surface area contributed by atoms with Crippen molar-refractivity contribution in [3.05, 3.63) is 53.1 Å². The summed E-state index contributed by atoms with van der Waals surface area (Å²) >= 11 is 7.84. The fourth-order valence-corrected chi connectivity index (χ4v) is 3.84. The number of ether oxygens (including phenoxy) is 2. The molecule has 1 atom stereocenters. The van der Waals surface area contributed by atoms with Gasteiger partial charge in [-0.15, -0.1) is 11.8 Å². The largest absolute Gasteiger partial charge is 0.497 e. The van der Waals surface area contributed by atoms with E-state index in [0.717, 1.165) is 27.6 Å². The molecule has 0 bridgehead atoms. The van der Waals surface area contributed by atoms with E-state index < -0.39 is 6.10 Å². The van der Waals surface area contributed by atoms with Gasteiger partial charge in [0.25, 0.3) is 5.91 Å². The molecule has 1 heterocycles. The fourth-order valence-electron chi connectivity index (χ4n) is 2.69. The fraction of sp³-hybridized carbons (Fsp3) is 0.316. The molecule has 3 rings (SSSR count). The van der Waals surface area contributed by atoms with E-state index in [0.29, 0.717) is 18.2 Å². The molecule has 0 spiro atoms. The first kappa shape index (κ1) is 18.1. The van der Waals surface area contributed by atoms with E-state index in [-0.39, 0.29) is 5.91 Å². The minimum atomic E-state index is -0.541. The molecule has 2 aromatic carbocycles. The number of benzene rings is 2. The number of anilines is 1. The first-order valence-corrected chi connectivity index (χ1v) is 9.43. The normalized spacial score (nSPS) is 14.8. The number of hydrogen-bond donors (Lipinski definition) is 0. The van der Waals surface area contributed by atoms with Gasteiger partial charge in [0.05, 0.1) is 19.4 Å². The summed E-state index contributed by atoms with van der Waals surface area (Å²) in [6, 6.07) is 13.3. The van der Waals surface area contributed by atoms with Crippen LogP contribution in [-0.2, 0) is 16.1 Å². The molecule has 0 radical (unpaired) electrons. The van der Waals surface area contributed by atoms with Crippen molar-refractivity contribution in [2.24, 2.45) is 0 Å². The van der Waals surface area contributed by atoms with Crippen LogP contribution in [0.15, 0.2) is 47.4 Å². The monoisotopic (exact) mass is 377 g/mol. The Morgan fingerprint density at radius 2 is 2.16 bits per heavy atom. The number of thioether (sulfide) groups is 1. The Hall–Kier alpha value is -1.69. The van der Waals surface area contributed by atoms with Crippen molar-refractivity contribution in [2.45, 2.75) is 24.5 Å². The molecule has 0 saturated heterocycles. The number of hydrogen-bond acceptors (Lipinski definition) is 4. The Morgan fingerprint density at radius 3 is 2.96 bits per heavy atom. The highest BCUT2D eigenvalue weighted by molar-refractivity contribution is 7.99. The van der Waals surface area contributed by atoms with Crippen LogP contribution in [0.2, 0.25) is 5.02 Å². The lowest BCUT2D eigenvalue weighted by molar-refractivity contribution is -0.129. The molecule has 2 aromatic rings. The Bertz CT molecular complexity index is 768. The van der Waals surface area contributed by atoms with E-state index in [4.69, 9.17) is 21.1 Å². The van der Waals surface area contributed by atoms with Gasteiger partial charge in [-0.2, -0.15) is 0 Å². The molecule has 1 aliphatic heterocycles. The second-order valence-electron chi connectivity index (χ2n) is 5.76. The van der Waals surface area contributed by atoms with E-state index in [1.54, 1.807) is 30.7 Å². The number of rotatable bonds is 5. The lowest BCUT2D eigenvalue weighted by Crippen LogP contribution is -2.42. The van der Waals surface area contributed by atoms with Crippen LogP contribution in [0.3, 0.4) is 0 Å². The molecule has 1 amide bonds. The molecule has 0 fully saturated rings. The van der Waals surface area contributed by atoms with E-state index >= 15 is 0 Å². The molecule has 1 unspecified atom stereocenters. The van der Waals surface area contributed by atoms with Gasteiger partial charge >= 0.3 is 0 Å². The van der Waals surface area contributed by atoms with Gasteiger partial charge in [0, 0.05) is 22.2 Å². The van der Waals surface area contributed by atoms with Gasteiger partial charge in [-0.1, -0.05) is 23.7 Å². The maximum Gasteiger partial charge on any atom is 0.255 e. The summed E-state index contributed by atoms with van der Waals surface area (Å²) in [5, 5.41) is 0.629. The van der Waals surface area contributed by atoms with Gasteiger partial charge in [-0.25, -0.2) is 0 Å². The van der Waals surface area contributed by atoms with Crippen molar-refractivity contribution in [3.63, 3.8) is 0 Å². The number of nitrogens with zero attached hydrogens (tertiary/aromatic N) is 1. The van der Waals surface area contributed by atoms with E-state index in [9.17, 15) is 4.79 Å². The van der Waals surface area contributed by atoms with Gasteiger partial charge < -0.3 is 14.4 Å². The van der Waals surface area contributed by atoms with E-state index in [2.05, 4.69) is 0 Å². The summed E-state index contributed by atoms with van der Waals surface area (Å²) in [5.41, 5.74) is 1.84. The van der Waals surface area contributed by atoms with Crippen LogP contribution in [0.25, 0.3) is 0 Å². The van der Waals surface area contributed by atoms with Crippen LogP contribution in [0.1, 0.15) is 12.5 Å². The Morgan fingerprint density at radius 1 is 1.32 bits per heavy atom. The number of amides is 1. The summed E-state index contributed by atoms with van der Waals surface area (Å²) in [6.07, 6.45) is -0.541. The number of fused-ring (bicyclic) bond motifs is 1. The molecule has 6 heteroatoms. The Labute approximate surface area is 157 Å². The molecule has 25 heavy (non-hydrogen) atoms. The lowest BCUT2D eigenvalue weighted by Gasteiger charge is -2.31. The van der Waals surface area contributed by atoms with Crippen LogP contribution < -0.4 is 9.64 Å². The molecule has 0 aliphatic carbocycles. The van der Waals surface area contributed by atoms with Crippen molar-refractivity contribution in [1.82, 2.24) is 0 Å². The summed E-state index contributed by atoms with van der Waals surface area (Å²) in [4.78, 5) is 15.7. The Kier molecular flexibility index (Phi) is 5.89. The molecule has 1 aliphatic rings. The van der Waals surface area contributed by atoms with Gasteiger partial charge in [-0.05, 0) is 42.8 Å². The second kappa shape index (κ2) is 8.13. The topological polar surface area (TPSA) is 38.8 Å². The molecule has 4 nitrogen and oxygen atoms in total. The summed E-state index contributed by atoms with van der Waals surface area (Å²) in [5.74, 6) is 1.59. The number of carbonyl (C=O) groups excluding carboxylic acids is 1. The van der Waals surface area contributed by atoms with Gasteiger partial charge in [0.15, 0.2) is 0 Å². The highest BCUT2D eigenvalue weighted by Crippen LogP contribution is 2.37. The zero-order valence-electron chi connectivity index (χ0n) is 14.2. The predicted molar refractivity (Wildman–Crippen MR) is 102 cm³/mol. The van der Waals surface area contributed by atoms with Crippen LogP contribution in [0.5, 0.6) is 5.75 Å². The molecular formula is C19H20ClNO3S. The summed E-state index contributed by atoms with van der Waals surface area (Å²) in [6.45, 7) is 2.80. The van der Waals surface area contributed by atoms with Gasteiger partial charge in [0.2, 0.25) is 0 Å². The quantitative estimate of drug-likeness (QED) is 0.774. The molecule has 0 aromatic heterocycles. The first-order valence-electron chi connectivity index (χ1n) is 8.07. The molecule has 0 saturated carbocycles. The minimum Gasteiger partial charge on any atom is -0.497 e. The minimum absolute atomic E-state index is 0.0493. The van der Waals surface area contributed by atoms with Gasteiger partial charge in [0.1, 0.15) is 11.9 Å². The third kappa shape index (κ3) is 4.29. The van der Waals surface area contributed by atoms with Crippen LogP contribution in [0, 0.1) is 0 Å². The van der Waals surface area contributed by atoms with E-state index in [1.165, 1.54) is 0 Å². The van der Waals surface area contributed by atoms with Crippen molar-refractivity contribution >= 4 is 35.0 Å². The van der Waals surface area contributed by atoms with Crippen molar-refractivity contribution < 1.29 is 14.3 Å². The SMILES string of the molecule is COc1cccc(COC(C)C(=O)N2CCSc3ccc(Cl)cc32)c1. The highest BCUT2D eigenvalue weighted by atomic mass is 35.5. The van der Waals surface area contributed by atoms with Gasteiger partial charge in [-0.3, -0.25) is 4.79 Å². The number of methoxy groups -OCH3 is 1. The van der Waals surface area contributed by atoms with Crippen LogP contribution in [-0.4, -0.2) is 31.4 Å². The third-order valence-electron chi connectivity index (χ3n) is 4.03. The summed E-state index contributed by atoms with van der Waals surface area (Å²) < 4.78 is 11.0. The van der Waals surface area contributed by atoms with Crippen molar-refractivity contribution in [3.8, 4) is 5.75 Å². The predicted octanol–water partition coefficient (Wildman–Crippen LogP) is 4.39. The summed E-state index contributed by atoms with van der Waals surface area (Å²) in [7, 11) is 1.63. The molecule has 132 valence electrons. The number of carbonyl (C=O) groups is 1. The second-order valence-corrected chi connectivity index (χ2v) is 7.33. The first-order chi connectivity index (χ1) is 12.1. The highest BCUT2D eigenvalue weighted by Gasteiger charge is 2.27. The lowest BCUT2D eigenvalue weighted by atomic mass is 10.2. The van der Waals surface area contributed by atoms with Crippen molar-refractivity contribution in [2.75, 3.05) is 24.3 Å². The molecular weight excluding hydrogens is 358 g/mol. The maximum atomic E-state index is 12.8. The maximum absolute atomic E-state index is 12.8. The molecule has 0 N–H and O–H groups in total. The average molecular weight is 378 g/mol.